The average molecular weight is 220 g/mol. The molecule has 88 valence electrons. The van der Waals surface area contributed by atoms with Crippen LogP contribution in [-0.2, 0) is 0 Å². The van der Waals surface area contributed by atoms with Crippen LogP contribution in [0.5, 0.6) is 5.75 Å². The SMILES string of the molecule is C=CCCCC(O)c1ccc(OCC)cc1. The van der Waals surface area contributed by atoms with E-state index < -0.39 is 0 Å². The molecule has 1 aromatic rings. The Bertz CT molecular complexity index is 303. The molecule has 0 aliphatic heterocycles. The van der Waals surface area contributed by atoms with Crippen molar-refractivity contribution in [3.8, 4) is 5.75 Å². The topological polar surface area (TPSA) is 29.5 Å². The average Bonchev–Trinajstić information content (AvgIpc) is 2.30. The van der Waals surface area contributed by atoms with Gasteiger partial charge >= 0.3 is 0 Å². The van der Waals surface area contributed by atoms with Crippen LogP contribution in [0.25, 0.3) is 0 Å². The molecule has 0 radical (unpaired) electrons. The molecule has 1 rings (SSSR count). The van der Waals surface area contributed by atoms with Crippen LogP contribution in [-0.4, -0.2) is 11.7 Å². The first-order valence-electron chi connectivity index (χ1n) is 5.79. The lowest BCUT2D eigenvalue weighted by atomic mass is 10.0. The molecule has 2 heteroatoms. The Balaban J connectivity index is 2.48. The van der Waals surface area contributed by atoms with E-state index in [0.717, 1.165) is 30.6 Å². The number of unbranched alkanes of at least 4 members (excludes halogenated alkanes) is 1. The highest BCUT2D eigenvalue weighted by molar-refractivity contribution is 5.28. The van der Waals surface area contributed by atoms with Gasteiger partial charge in [-0.1, -0.05) is 18.2 Å². The molecule has 16 heavy (non-hydrogen) atoms. The van der Waals surface area contributed by atoms with Crippen molar-refractivity contribution in [3.05, 3.63) is 42.5 Å². The lowest BCUT2D eigenvalue weighted by molar-refractivity contribution is 0.165. The third-order valence-electron chi connectivity index (χ3n) is 2.46. The van der Waals surface area contributed by atoms with Gasteiger partial charge in [-0.05, 0) is 43.9 Å². The summed E-state index contributed by atoms with van der Waals surface area (Å²) < 4.78 is 5.34. The third-order valence-corrected chi connectivity index (χ3v) is 2.46. The maximum atomic E-state index is 9.89. The second-order valence-corrected chi connectivity index (χ2v) is 3.74. The van der Waals surface area contributed by atoms with Gasteiger partial charge in [-0.15, -0.1) is 6.58 Å². The van der Waals surface area contributed by atoms with Crippen molar-refractivity contribution >= 4 is 0 Å². The van der Waals surface area contributed by atoms with Crippen molar-refractivity contribution in [2.75, 3.05) is 6.61 Å². The molecule has 0 heterocycles. The van der Waals surface area contributed by atoms with Crippen LogP contribution in [0, 0.1) is 0 Å². The first kappa shape index (κ1) is 12.8. The molecule has 0 aromatic heterocycles. The van der Waals surface area contributed by atoms with Crippen molar-refractivity contribution in [3.63, 3.8) is 0 Å². The lowest BCUT2D eigenvalue weighted by Gasteiger charge is -2.11. The van der Waals surface area contributed by atoms with E-state index in [1.807, 2.05) is 37.3 Å². The van der Waals surface area contributed by atoms with Gasteiger partial charge in [-0.3, -0.25) is 0 Å². The van der Waals surface area contributed by atoms with Gasteiger partial charge in [-0.25, -0.2) is 0 Å². The summed E-state index contributed by atoms with van der Waals surface area (Å²) in [5, 5.41) is 9.89. The summed E-state index contributed by atoms with van der Waals surface area (Å²) in [5.74, 6) is 0.851. The number of benzene rings is 1. The molecule has 0 aliphatic carbocycles. The predicted octanol–water partition coefficient (Wildman–Crippen LogP) is 3.48. The molecular weight excluding hydrogens is 200 g/mol. The summed E-state index contributed by atoms with van der Waals surface area (Å²) in [6, 6.07) is 7.64. The summed E-state index contributed by atoms with van der Waals surface area (Å²) in [5.41, 5.74) is 0.951. The second-order valence-electron chi connectivity index (χ2n) is 3.74. The number of ether oxygens (including phenoxy) is 1. The Kier molecular flexibility index (Phi) is 5.65. The highest BCUT2D eigenvalue weighted by atomic mass is 16.5. The molecular formula is C14H20O2. The largest absolute Gasteiger partial charge is 0.494 e. The number of rotatable bonds is 7. The Morgan fingerprint density at radius 1 is 1.38 bits per heavy atom. The van der Waals surface area contributed by atoms with Gasteiger partial charge in [0.15, 0.2) is 0 Å². The molecule has 0 amide bonds. The summed E-state index contributed by atoms with van der Waals surface area (Å²) >= 11 is 0. The van der Waals surface area contributed by atoms with Gasteiger partial charge in [0.25, 0.3) is 0 Å². The molecule has 1 unspecified atom stereocenters. The molecule has 2 nitrogen and oxygen atoms in total. The zero-order valence-electron chi connectivity index (χ0n) is 9.86. The molecule has 0 aliphatic rings. The van der Waals surface area contributed by atoms with Crippen LogP contribution in [0.4, 0.5) is 0 Å². The van der Waals surface area contributed by atoms with Gasteiger partial charge in [0, 0.05) is 0 Å². The quantitative estimate of drug-likeness (QED) is 0.563. The number of aliphatic hydroxyl groups is 1. The Hall–Kier alpha value is -1.28. The van der Waals surface area contributed by atoms with Gasteiger partial charge < -0.3 is 9.84 Å². The van der Waals surface area contributed by atoms with Crippen LogP contribution < -0.4 is 4.74 Å². The first-order chi connectivity index (χ1) is 7.77. The van der Waals surface area contributed by atoms with Gasteiger partial charge in [0.2, 0.25) is 0 Å². The van der Waals surface area contributed by atoms with Gasteiger partial charge in [-0.2, -0.15) is 0 Å². The Labute approximate surface area is 97.6 Å². The standard InChI is InChI=1S/C14H20O2/c1-3-5-6-7-14(15)12-8-10-13(11-9-12)16-4-2/h3,8-11,14-15H,1,4-7H2,2H3. The van der Waals surface area contributed by atoms with Crippen molar-refractivity contribution < 1.29 is 9.84 Å². The molecule has 0 fully saturated rings. The minimum atomic E-state index is -0.379. The number of allylic oxidation sites excluding steroid dienone is 1. The molecule has 1 N–H and O–H groups in total. The fourth-order valence-electron chi connectivity index (χ4n) is 1.58. The first-order valence-corrected chi connectivity index (χ1v) is 5.79. The monoisotopic (exact) mass is 220 g/mol. The summed E-state index contributed by atoms with van der Waals surface area (Å²) in [4.78, 5) is 0. The van der Waals surface area contributed by atoms with Crippen molar-refractivity contribution in [2.45, 2.75) is 32.3 Å². The molecule has 1 atom stereocenters. The van der Waals surface area contributed by atoms with Crippen molar-refractivity contribution in [1.29, 1.82) is 0 Å². The highest BCUT2D eigenvalue weighted by Gasteiger charge is 2.06. The fourth-order valence-corrected chi connectivity index (χ4v) is 1.58. The van der Waals surface area contributed by atoms with E-state index in [2.05, 4.69) is 6.58 Å². The van der Waals surface area contributed by atoms with Crippen LogP contribution in [0.15, 0.2) is 36.9 Å². The number of hydrogen-bond donors (Lipinski definition) is 1. The number of aliphatic hydroxyl groups excluding tert-OH is 1. The maximum Gasteiger partial charge on any atom is 0.119 e. The number of hydrogen-bond acceptors (Lipinski definition) is 2. The van der Waals surface area contributed by atoms with Crippen molar-refractivity contribution in [2.24, 2.45) is 0 Å². The smallest absolute Gasteiger partial charge is 0.119 e. The van der Waals surface area contributed by atoms with Crippen LogP contribution >= 0.6 is 0 Å². The molecule has 0 spiro atoms. The van der Waals surface area contributed by atoms with Crippen molar-refractivity contribution in [1.82, 2.24) is 0 Å². The molecule has 0 bridgehead atoms. The zero-order valence-corrected chi connectivity index (χ0v) is 9.86. The normalized spacial score (nSPS) is 12.1. The minimum Gasteiger partial charge on any atom is -0.494 e. The Morgan fingerprint density at radius 2 is 2.06 bits per heavy atom. The second kappa shape index (κ2) is 7.07. The molecule has 1 aromatic carbocycles. The highest BCUT2D eigenvalue weighted by Crippen LogP contribution is 2.21. The van der Waals surface area contributed by atoms with Gasteiger partial charge in [0.05, 0.1) is 12.7 Å². The summed E-state index contributed by atoms with van der Waals surface area (Å²) in [7, 11) is 0. The van der Waals surface area contributed by atoms with Crippen LogP contribution in [0.1, 0.15) is 37.9 Å². The summed E-state index contributed by atoms with van der Waals surface area (Å²) in [6.07, 6.45) is 4.20. The molecule has 0 saturated heterocycles. The van der Waals surface area contributed by atoms with E-state index in [-0.39, 0.29) is 6.10 Å². The van der Waals surface area contributed by atoms with Crippen LogP contribution in [0.3, 0.4) is 0 Å². The lowest BCUT2D eigenvalue weighted by Crippen LogP contribution is -1.98. The maximum absolute atomic E-state index is 9.89. The molecule has 0 saturated carbocycles. The van der Waals surface area contributed by atoms with Gasteiger partial charge in [0.1, 0.15) is 5.75 Å². The van der Waals surface area contributed by atoms with E-state index >= 15 is 0 Å². The third kappa shape index (κ3) is 4.07. The Morgan fingerprint density at radius 3 is 2.62 bits per heavy atom. The predicted molar refractivity (Wildman–Crippen MR) is 66.6 cm³/mol. The zero-order chi connectivity index (χ0) is 11.8. The van der Waals surface area contributed by atoms with E-state index in [4.69, 9.17) is 4.74 Å². The van der Waals surface area contributed by atoms with E-state index in [0.29, 0.717) is 6.61 Å². The van der Waals surface area contributed by atoms with E-state index in [9.17, 15) is 5.11 Å². The fraction of sp³-hybridized carbons (Fsp3) is 0.429. The summed E-state index contributed by atoms with van der Waals surface area (Å²) in [6.45, 7) is 6.29. The van der Waals surface area contributed by atoms with E-state index in [1.165, 1.54) is 0 Å². The minimum absolute atomic E-state index is 0.379. The van der Waals surface area contributed by atoms with E-state index in [1.54, 1.807) is 0 Å². The van der Waals surface area contributed by atoms with Crippen LogP contribution in [0.2, 0.25) is 0 Å².